The van der Waals surface area contributed by atoms with Crippen molar-refractivity contribution in [3.8, 4) is 11.6 Å². The van der Waals surface area contributed by atoms with Crippen molar-refractivity contribution in [1.82, 2.24) is 4.57 Å². The fourth-order valence-corrected chi connectivity index (χ4v) is 3.22. The predicted octanol–water partition coefficient (Wildman–Crippen LogP) is 2.72. The van der Waals surface area contributed by atoms with E-state index in [-0.39, 0.29) is 0 Å². The van der Waals surface area contributed by atoms with Gasteiger partial charge in [-0.15, -0.1) is 5.54 Å². The molecule has 0 amide bonds. The zero-order valence-electron chi connectivity index (χ0n) is 10.7. The van der Waals surface area contributed by atoms with Gasteiger partial charge in [0.05, 0.1) is 8.07 Å². The third-order valence-corrected chi connectivity index (χ3v) is 4.87. The molecule has 1 heterocycles. The summed E-state index contributed by atoms with van der Waals surface area (Å²) in [5.74, 6) is 0. The van der Waals surface area contributed by atoms with E-state index in [0.29, 0.717) is 0 Å². The molecule has 0 saturated heterocycles. The summed E-state index contributed by atoms with van der Waals surface area (Å²) in [6.45, 7) is 13.9. The lowest BCUT2D eigenvalue weighted by Gasteiger charge is -2.16. The first-order valence-electron chi connectivity index (χ1n) is 5.41. The molecule has 0 N–H and O–H groups in total. The average molecular weight is 235 g/mol. The first kappa shape index (κ1) is 12.3. The van der Waals surface area contributed by atoms with Crippen LogP contribution < -0.4 is 5.32 Å². The van der Waals surface area contributed by atoms with Gasteiger partial charge in [-0.3, -0.25) is 4.57 Å². The van der Waals surface area contributed by atoms with E-state index in [2.05, 4.69) is 73.8 Å². The van der Waals surface area contributed by atoms with Gasteiger partial charge in [-0.1, -0.05) is 39.3 Å². The fourth-order valence-electron chi connectivity index (χ4n) is 1.32. The number of hydrogen-bond donors (Lipinski definition) is 0. The first-order chi connectivity index (χ1) is 6.70. The average Bonchev–Trinajstić information content (AvgIpc) is 2.45. The summed E-state index contributed by atoms with van der Waals surface area (Å²) in [7, 11) is -2.51. The van der Waals surface area contributed by atoms with E-state index in [9.17, 15) is 0 Å². The highest BCUT2D eigenvalue weighted by atomic mass is 28.3. The normalized spacial score (nSPS) is 12.1. The second-order valence-electron chi connectivity index (χ2n) is 6.00. The van der Waals surface area contributed by atoms with Crippen LogP contribution in [-0.4, -0.2) is 20.7 Å². The largest absolute Gasteiger partial charge is 0.286 e. The number of hydrogen-bond acceptors (Lipinski definition) is 0. The Bertz CT molecular complexity index is 394. The number of rotatable bonds is 1. The number of nitrogens with zero attached hydrogens (tertiary/aromatic N) is 1. The van der Waals surface area contributed by atoms with E-state index in [1.807, 2.05) is 0 Å². The Labute approximate surface area is 95.5 Å². The van der Waals surface area contributed by atoms with E-state index < -0.39 is 16.1 Å². The van der Waals surface area contributed by atoms with Gasteiger partial charge >= 0.3 is 0 Å². The molecule has 0 aliphatic carbocycles. The maximum atomic E-state index is 3.41. The molecule has 0 aromatic carbocycles. The minimum absolute atomic E-state index is 1.25. The van der Waals surface area contributed by atoms with Gasteiger partial charge in [-0.25, -0.2) is 0 Å². The topological polar surface area (TPSA) is 4.93 Å². The van der Waals surface area contributed by atoms with Crippen molar-refractivity contribution in [3.05, 3.63) is 18.3 Å². The maximum absolute atomic E-state index is 3.41. The Morgan fingerprint density at radius 1 is 1.07 bits per heavy atom. The molecule has 0 fully saturated rings. The van der Waals surface area contributed by atoms with Gasteiger partial charge in [-0.05, 0) is 12.1 Å². The van der Waals surface area contributed by atoms with E-state index >= 15 is 0 Å². The Hall–Kier alpha value is -0.726. The zero-order valence-corrected chi connectivity index (χ0v) is 12.7. The molecular weight excluding hydrogens is 214 g/mol. The van der Waals surface area contributed by atoms with Gasteiger partial charge in [0.1, 0.15) is 8.07 Å². The molecule has 0 spiro atoms. The molecule has 0 saturated carbocycles. The summed E-state index contributed by atoms with van der Waals surface area (Å²) >= 11 is 0. The molecule has 3 heteroatoms. The van der Waals surface area contributed by atoms with Crippen molar-refractivity contribution in [2.24, 2.45) is 0 Å². The van der Waals surface area contributed by atoms with Crippen LogP contribution in [0.5, 0.6) is 0 Å². The Morgan fingerprint density at radius 3 is 2.13 bits per heavy atom. The van der Waals surface area contributed by atoms with Crippen molar-refractivity contribution < 1.29 is 0 Å². The quantitative estimate of drug-likeness (QED) is 0.521. The SMILES string of the molecule is C[Si](C)(C)C#Cn1cccc1[Si](C)(C)C. The van der Waals surface area contributed by atoms with E-state index in [1.165, 1.54) is 5.32 Å². The third kappa shape index (κ3) is 3.73. The van der Waals surface area contributed by atoms with Gasteiger partial charge in [0, 0.05) is 17.6 Å². The van der Waals surface area contributed by atoms with Crippen LogP contribution in [0.4, 0.5) is 0 Å². The summed E-state index contributed by atoms with van der Waals surface area (Å²) in [6.07, 6.45) is 2.08. The van der Waals surface area contributed by atoms with Crippen molar-refractivity contribution in [2.75, 3.05) is 0 Å². The second kappa shape index (κ2) is 4.03. The van der Waals surface area contributed by atoms with Crippen molar-refractivity contribution >= 4 is 21.5 Å². The van der Waals surface area contributed by atoms with Crippen LogP contribution in [0.15, 0.2) is 18.3 Å². The van der Waals surface area contributed by atoms with Crippen LogP contribution in [0, 0.1) is 11.6 Å². The van der Waals surface area contributed by atoms with Crippen LogP contribution in [0.3, 0.4) is 0 Å². The molecule has 1 aromatic heterocycles. The number of aromatic nitrogens is 1. The molecule has 0 atom stereocenters. The summed E-state index contributed by atoms with van der Waals surface area (Å²) in [6, 6.07) is 7.62. The van der Waals surface area contributed by atoms with E-state index in [1.54, 1.807) is 0 Å². The summed E-state index contributed by atoms with van der Waals surface area (Å²) < 4.78 is 2.13. The van der Waals surface area contributed by atoms with Gasteiger partial charge in [0.15, 0.2) is 0 Å². The Morgan fingerprint density at radius 2 is 1.67 bits per heavy atom. The second-order valence-corrected chi connectivity index (χ2v) is 15.8. The predicted molar refractivity (Wildman–Crippen MR) is 73.9 cm³/mol. The van der Waals surface area contributed by atoms with Gasteiger partial charge in [0.2, 0.25) is 0 Å². The molecule has 82 valence electrons. The molecule has 0 unspecified atom stereocenters. The van der Waals surface area contributed by atoms with Crippen LogP contribution in [0.1, 0.15) is 0 Å². The monoisotopic (exact) mass is 235 g/mol. The van der Waals surface area contributed by atoms with Gasteiger partial charge in [0.25, 0.3) is 0 Å². The molecule has 0 bridgehead atoms. The molecule has 1 rings (SSSR count). The minimum Gasteiger partial charge on any atom is -0.286 e. The third-order valence-electron chi connectivity index (χ3n) is 2.07. The van der Waals surface area contributed by atoms with Crippen LogP contribution >= 0.6 is 0 Å². The zero-order chi connectivity index (χ0) is 11.7. The molecule has 0 radical (unpaired) electrons. The molecular formula is C12H21NSi2. The van der Waals surface area contributed by atoms with Crippen molar-refractivity contribution in [1.29, 1.82) is 0 Å². The summed E-state index contributed by atoms with van der Waals surface area (Å²) in [5, 5.41) is 1.42. The smallest absolute Gasteiger partial charge is 0.131 e. The highest BCUT2D eigenvalue weighted by Gasteiger charge is 2.19. The molecule has 0 aliphatic rings. The first-order valence-corrected chi connectivity index (χ1v) is 12.4. The molecule has 1 aromatic rings. The van der Waals surface area contributed by atoms with Gasteiger partial charge in [-0.2, -0.15) is 0 Å². The van der Waals surface area contributed by atoms with Crippen molar-refractivity contribution in [2.45, 2.75) is 39.3 Å². The van der Waals surface area contributed by atoms with E-state index in [0.717, 1.165) is 0 Å². The van der Waals surface area contributed by atoms with Crippen molar-refractivity contribution in [3.63, 3.8) is 0 Å². The van der Waals surface area contributed by atoms with Crippen LogP contribution in [-0.2, 0) is 0 Å². The lowest BCUT2D eigenvalue weighted by Crippen LogP contribution is -2.41. The fraction of sp³-hybridized carbons (Fsp3) is 0.500. The van der Waals surface area contributed by atoms with Gasteiger partial charge < -0.3 is 0 Å². The molecule has 15 heavy (non-hydrogen) atoms. The lowest BCUT2D eigenvalue weighted by molar-refractivity contribution is 1.18. The Balaban J connectivity index is 3.06. The molecule has 1 nitrogen and oxygen atoms in total. The van der Waals surface area contributed by atoms with E-state index in [4.69, 9.17) is 0 Å². The lowest BCUT2D eigenvalue weighted by atomic mass is 10.7. The minimum atomic E-state index is -1.26. The highest BCUT2D eigenvalue weighted by molar-refractivity contribution is 6.88. The van der Waals surface area contributed by atoms with Crippen LogP contribution in [0.2, 0.25) is 39.3 Å². The highest BCUT2D eigenvalue weighted by Crippen LogP contribution is 2.03. The summed E-state index contributed by atoms with van der Waals surface area (Å²) in [5.41, 5.74) is 3.41. The molecule has 0 aliphatic heterocycles. The Kier molecular flexibility index (Phi) is 3.32. The maximum Gasteiger partial charge on any atom is 0.131 e. The summed E-state index contributed by atoms with van der Waals surface area (Å²) in [4.78, 5) is 0. The van der Waals surface area contributed by atoms with Crippen LogP contribution in [0.25, 0.3) is 0 Å². The standard InChI is InChI=1S/C12H21NSi2/c1-14(2,3)11-10-13-9-7-8-12(13)15(4,5)6/h7-9H,1-6H3.